The highest BCUT2D eigenvalue weighted by Gasteiger charge is 2.25. The van der Waals surface area contributed by atoms with Crippen LogP contribution >= 0.6 is 58.0 Å². The van der Waals surface area contributed by atoms with E-state index < -0.39 is 0 Å². The van der Waals surface area contributed by atoms with Crippen molar-refractivity contribution in [3.05, 3.63) is 122 Å². The van der Waals surface area contributed by atoms with Gasteiger partial charge in [-0.15, -0.1) is 11.6 Å². The first kappa shape index (κ1) is 56.1. The summed E-state index contributed by atoms with van der Waals surface area (Å²) in [7, 11) is 9.93. The number of nitrogens with one attached hydrogen (secondary N) is 1. The van der Waals surface area contributed by atoms with Gasteiger partial charge < -0.3 is 43.9 Å². The van der Waals surface area contributed by atoms with Crippen molar-refractivity contribution in [1.29, 1.82) is 0 Å². The number of amides is 4. The van der Waals surface area contributed by atoms with Crippen LogP contribution in [-0.2, 0) is 16.1 Å². The third kappa shape index (κ3) is 13.9. The molecule has 0 saturated carbocycles. The summed E-state index contributed by atoms with van der Waals surface area (Å²) in [5, 5.41) is 6.88. The number of piperazine rings is 2. The predicted octanol–water partition coefficient (Wildman–Crippen LogP) is 8.60. The summed E-state index contributed by atoms with van der Waals surface area (Å²) in [6, 6.07) is 18.3. The van der Waals surface area contributed by atoms with Gasteiger partial charge in [0.25, 0.3) is 11.8 Å². The van der Waals surface area contributed by atoms with Gasteiger partial charge in [0, 0.05) is 145 Å². The van der Waals surface area contributed by atoms with Gasteiger partial charge in [-0.25, -0.2) is 0 Å². The fourth-order valence-corrected chi connectivity index (χ4v) is 8.83. The zero-order chi connectivity index (χ0) is 53.1. The Hall–Kier alpha value is -6.24. The summed E-state index contributed by atoms with van der Waals surface area (Å²) < 4.78 is 12.2. The highest BCUT2D eigenvalue weighted by molar-refractivity contribution is 6.34. The number of nitrogens with zero attached hydrogens (tertiary/aromatic N) is 10. The van der Waals surface area contributed by atoms with Crippen LogP contribution in [0.15, 0.2) is 79.3 Å². The molecule has 6 aromatic rings. The zero-order valence-corrected chi connectivity index (χ0v) is 45.7. The van der Waals surface area contributed by atoms with Gasteiger partial charge in [0.05, 0.1) is 40.0 Å². The first-order valence-corrected chi connectivity index (χ1v) is 25.1. The molecule has 2 aromatic carbocycles. The molecule has 0 atom stereocenters. The number of ether oxygens (including phenoxy) is 2. The molecular weight excluding hydrogens is 1040 g/mol. The Morgan fingerprint density at radius 2 is 1.10 bits per heavy atom. The molecule has 17 nitrogen and oxygen atoms in total. The van der Waals surface area contributed by atoms with Crippen LogP contribution in [0.2, 0.25) is 20.1 Å². The molecule has 0 bridgehead atoms. The molecule has 1 N–H and O–H groups in total. The van der Waals surface area contributed by atoms with Gasteiger partial charge >= 0.3 is 0 Å². The number of aromatic amines is 1. The number of halogens is 5. The second-order valence-electron chi connectivity index (χ2n) is 17.3. The molecular formula is C51H58Cl5N11O6. The number of hydrogen-bond acceptors (Lipinski definition) is 11. The van der Waals surface area contributed by atoms with E-state index in [0.29, 0.717) is 99.2 Å². The highest BCUT2D eigenvalue weighted by atomic mass is 35.5. The first-order valence-electron chi connectivity index (χ1n) is 23.1. The molecule has 2 fully saturated rings. The van der Waals surface area contributed by atoms with Gasteiger partial charge in [-0.3, -0.25) is 33.8 Å². The average molecular weight is 1100 g/mol. The Morgan fingerprint density at radius 3 is 1.49 bits per heavy atom. The number of aromatic nitrogens is 5. The monoisotopic (exact) mass is 1100 g/mol. The Labute approximate surface area is 450 Å². The molecule has 0 radical (unpaired) electrons. The standard InChI is InChI=1S/C25H28Cl2N6O3.C13H16Cl2N2O2.C13H14ClN3O/c1-16-23(27)24(17-5-8-20(28-14-17)25(35)30(2)3)29-33(16)15-22(34)32-11-9-31(10-12-32)18-6-7-19(26)21(13-18)36-4;1-19-12-8-10(2-3-11(12)15)16-4-6-17(7-5-16)13(18)9-14;1-8-12(14)10(7-15-8)9-4-5-11(16-6-9)13(18)17(2)3/h5-8,13-14H,9-12,15H2,1-4H3;2-3,8H,4-7,9H2,1H3;4-7,15H,1-3H3. The number of rotatable bonds is 11. The van der Waals surface area contributed by atoms with Crippen LogP contribution in [0, 0.1) is 13.8 Å². The number of anilines is 2. The minimum Gasteiger partial charge on any atom is -0.495 e. The maximum atomic E-state index is 13.1. The van der Waals surface area contributed by atoms with E-state index in [0.717, 1.165) is 41.3 Å². The molecule has 8 rings (SSSR count). The summed E-state index contributed by atoms with van der Waals surface area (Å²) >= 11 is 30.4. The zero-order valence-electron chi connectivity index (χ0n) is 41.9. The maximum absolute atomic E-state index is 13.1. The lowest BCUT2D eigenvalue weighted by Gasteiger charge is -2.36. The van der Waals surface area contributed by atoms with Crippen molar-refractivity contribution in [3.8, 4) is 33.9 Å². The van der Waals surface area contributed by atoms with Crippen molar-refractivity contribution in [2.45, 2.75) is 20.4 Å². The Kier molecular flexibility index (Phi) is 19.7. The minimum atomic E-state index is -0.185. The molecule has 73 heavy (non-hydrogen) atoms. The lowest BCUT2D eigenvalue weighted by molar-refractivity contribution is -0.132. The topological polar surface area (TPSA) is 166 Å². The average Bonchev–Trinajstić information content (AvgIpc) is 3.89. The van der Waals surface area contributed by atoms with Crippen LogP contribution in [0.3, 0.4) is 0 Å². The lowest BCUT2D eigenvalue weighted by Crippen LogP contribution is -2.49. The minimum absolute atomic E-state index is 0.00463. The quantitative estimate of drug-likeness (QED) is 0.124. The third-order valence-corrected chi connectivity index (χ3v) is 14.0. The number of benzene rings is 2. The summed E-state index contributed by atoms with van der Waals surface area (Å²) in [5.74, 6) is 1.02. The molecule has 0 spiro atoms. The second kappa shape index (κ2) is 25.6. The molecule has 2 aliphatic rings. The Balaban J connectivity index is 0.000000197. The van der Waals surface area contributed by atoms with Gasteiger partial charge in [-0.1, -0.05) is 52.5 Å². The molecule has 4 aromatic heterocycles. The van der Waals surface area contributed by atoms with Gasteiger partial charge in [0.2, 0.25) is 11.8 Å². The molecule has 2 saturated heterocycles. The van der Waals surface area contributed by atoms with Gasteiger partial charge in [-0.05, 0) is 56.3 Å². The van der Waals surface area contributed by atoms with Crippen molar-refractivity contribution in [2.24, 2.45) is 0 Å². The SMILES string of the molecule is COc1cc(N2CCN(C(=O)CCl)CC2)ccc1Cl.COc1cc(N2CCN(C(=O)Cn3nc(-c4ccc(C(=O)N(C)C)nc4)c(Cl)c3C)CC2)ccc1Cl.Cc1[nH]cc(-c2ccc(C(=O)N(C)C)nc2)c1Cl. The molecule has 4 amide bonds. The van der Waals surface area contributed by atoms with E-state index in [4.69, 9.17) is 67.5 Å². The Bertz CT molecular complexity index is 2880. The molecule has 388 valence electrons. The van der Waals surface area contributed by atoms with Gasteiger partial charge in [0.15, 0.2) is 0 Å². The molecule has 0 aliphatic carbocycles. The van der Waals surface area contributed by atoms with Crippen molar-refractivity contribution in [2.75, 3.05) is 110 Å². The van der Waals surface area contributed by atoms with E-state index in [2.05, 4.69) is 29.9 Å². The van der Waals surface area contributed by atoms with Crippen LogP contribution in [0.5, 0.6) is 11.5 Å². The number of aryl methyl sites for hydroxylation is 1. The van der Waals surface area contributed by atoms with E-state index in [1.165, 1.54) is 9.80 Å². The van der Waals surface area contributed by atoms with Gasteiger partial charge in [0.1, 0.15) is 41.0 Å². The fourth-order valence-electron chi connectivity index (χ4n) is 7.81. The fraction of sp³-hybridized carbons (Fsp3) is 0.353. The number of pyridine rings is 2. The summed E-state index contributed by atoms with van der Waals surface area (Å²) in [4.78, 5) is 70.8. The van der Waals surface area contributed by atoms with Crippen molar-refractivity contribution in [3.63, 3.8) is 0 Å². The summed E-state index contributed by atoms with van der Waals surface area (Å²) in [6.45, 7) is 9.36. The van der Waals surface area contributed by atoms with E-state index in [1.54, 1.807) is 82.6 Å². The van der Waals surface area contributed by atoms with Gasteiger partial charge in [-0.2, -0.15) is 5.10 Å². The van der Waals surface area contributed by atoms with Crippen molar-refractivity contribution < 1.29 is 28.7 Å². The maximum Gasteiger partial charge on any atom is 0.271 e. The van der Waals surface area contributed by atoms with Crippen molar-refractivity contribution >= 4 is 93.0 Å². The number of methoxy groups -OCH3 is 2. The molecule has 22 heteroatoms. The number of H-pyrrole nitrogens is 1. The number of hydrogen-bond donors (Lipinski definition) is 1. The van der Waals surface area contributed by atoms with Crippen LogP contribution < -0.4 is 19.3 Å². The van der Waals surface area contributed by atoms with E-state index in [1.807, 2.05) is 67.4 Å². The Morgan fingerprint density at radius 1 is 0.630 bits per heavy atom. The normalized spacial score (nSPS) is 13.3. The molecule has 0 unspecified atom stereocenters. The van der Waals surface area contributed by atoms with Crippen molar-refractivity contribution in [1.82, 2.24) is 44.3 Å². The smallest absolute Gasteiger partial charge is 0.271 e. The van der Waals surface area contributed by atoms with E-state index in [9.17, 15) is 19.2 Å². The van der Waals surface area contributed by atoms with E-state index in [-0.39, 0.29) is 36.1 Å². The summed E-state index contributed by atoms with van der Waals surface area (Å²) in [6.07, 6.45) is 5.06. The van der Waals surface area contributed by atoms with Crippen LogP contribution in [0.1, 0.15) is 32.4 Å². The number of carbonyl (C=O) groups is 4. The first-order chi connectivity index (χ1) is 34.8. The van der Waals surface area contributed by atoms with E-state index >= 15 is 0 Å². The van der Waals surface area contributed by atoms with Crippen LogP contribution in [-0.4, -0.2) is 169 Å². The molecule has 2 aliphatic heterocycles. The largest absolute Gasteiger partial charge is 0.495 e. The summed E-state index contributed by atoms with van der Waals surface area (Å²) in [5.41, 5.74) is 7.42. The number of alkyl halides is 1. The molecule has 6 heterocycles. The predicted molar refractivity (Wildman–Crippen MR) is 289 cm³/mol. The lowest BCUT2D eigenvalue weighted by atomic mass is 10.1. The third-order valence-electron chi connectivity index (χ3n) is 12.2. The number of carbonyl (C=O) groups excluding carboxylic acids is 4. The highest BCUT2D eigenvalue weighted by Crippen LogP contribution is 2.33. The second-order valence-corrected chi connectivity index (χ2v) is 19.2. The van der Waals surface area contributed by atoms with Crippen LogP contribution in [0.4, 0.5) is 11.4 Å². The van der Waals surface area contributed by atoms with Crippen LogP contribution in [0.25, 0.3) is 22.4 Å².